The highest BCUT2D eigenvalue weighted by molar-refractivity contribution is 5.85. The van der Waals surface area contributed by atoms with Crippen molar-refractivity contribution in [3.05, 3.63) is 23.8 Å². The third-order valence-electron chi connectivity index (χ3n) is 4.78. The van der Waals surface area contributed by atoms with E-state index in [0.29, 0.717) is 30.0 Å². The predicted molar refractivity (Wildman–Crippen MR) is 102 cm³/mol. The normalized spacial score (nSPS) is 15.9. The first-order chi connectivity index (χ1) is 13.4. The standard InChI is InChI=1S/C20H28N2O6/c1-27-16-9-8-14(11-17(16)28-2)15(12-20(25)26)21-18(23)13-22-10-6-4-3-5-7-19(22)24/h8-9,11,15H,3-7,10,12-13H2,1-2H3,(H,21,23)(H,25,26). The summed E-state index contributed by atoms with van der Waals surface area (Å²) in [6.07, 6.45) is 3.94. The van der Waals surface area contributed by atoms with Crippen LogP contribution in [0.5, 0.6) is 11.5 Å². The second-order valence-corrected chi connectivity index (χ2v) is 6.81. The summed E-state index contributed by atoms with van der Waals surface area (Å²) < 4.78 is 10.5. The number of nitrogens with one attached hydrogen (secondary N) is 1. The van der Waals surface area contributed by atoms with E-state index in [1.165, 1.54) is 14.2 Å². The fraction of sp³-hybridized carbons (Fsp3) is 0.550. The van der Waals surface area contributed by atoms with Gasteiger partial charge < -0.3 is 24.8 Å². The minimum atomic E-state index is -1.04. The van der Waals surface area contributed by atoms with Gasteiger partial charge in [-0.25, -0.2) is 0 Å². The zero-order valence-electron chi connectivity index (χ0n) is 16.4. The largest absolute Gasteiger partial charge is 0.493 e. The molecule has 0 aliphatic carbocycles. The Bertz CT molecular complexity index is 706. The summed E-state index contributed by atoms with van der Waals surface area (Å²) in [6.45, 7) is 0.481. The summed E-state index contributed by atoms with van der Waals surface area (Å²) >= 11 is 0. The van der Waals surface area contributed by atoms with Crippen LogP contribution < -0.4 is 14.8 Å². The van der Waals surface area contributed by atoms with Crippen molar-refractivity contribution in [3.63, 3.8) is 0 Å². The van der Waals surface area contributed by atoms with Gasteiger partial charge in [0.25, 0.3) is 0 Å². The molecular weight excluding hydrogens is 364 g/mol. The molecule has 1 saturated heterocycles. The van der Waals surface area contributed by atoms with E-state index >= 15 is 0 Å². The highest BCUT2D eigenvalue weighted by Gasteiger charge is 2.23. The topological polar surface area (TPSA) is 105 Å². The van der Waals surface area contributed by atoms with Crippen molar-refractivity contribution < 1.29 is 29.0 Å². The number of benzene rings is 1. The van der Waals surface area contributed by atoms with E-state index in [9.17, 15) is 19.5 Å². The van der Waals surface area contributed by atoms with Crippen LogP contribution in [0.4, 0.5) is 0 Å². The average molecular weight is 392 g/mol. The molecule has 154 valence electrons. The van der Waals surface area contributed by atoms with E-state index < -0.39 is 12.0 Å². The second kappa shape index (κ2) is 10.5. The molecule has 1 fully saturated rings. The lowest BCUT2D eigenvalue weighted by Gasteiger charge is -2.26. The molecule has 2 amide bonds. The molecule has 2 rings (SSSR count). The monoisotopic (exact) mass is 392 g/mol. The number of carboxylic acid groups (broad SMARTS) is 1. The molecule has 1 aliphatic heterocycles. The lowest BCUT2D eigenvalue weighted by atomic mass is 10.0. The van der Waals surface area contributed by atoms with Crippen LogP contribution in [0.15, 0.2) is 18.2 Å². The van der Waals surface area contributed by atoms with E-state index in [0.717, 1.165) is 25.7 Å². The van der Waals surface area contributed by atoms with Crippen molar-refractivity contribution >= 4 is 17.8 Å². The molecule has 0 radical (unpaired) electrons. The van der Waals surface area contributed by atoms with E-state index in [1.54, 1.807) is 23.1 Å². The molecule has 1 aromatic carbocycles. The molecular formula is C20H28N2O6. The number of ether oxygens (including phenoxy) is 2. The first-order valence-electron chi connectivity index (χ1n) is 9.45. The maximum Gasteiger partial charge on any atom is 0.305 e. The number of methoxy groups -OCH3 is 2. The number of aliphatic carboxylic acids is 1. The molecule has 1 atom stereocenters. The minimum absolute atomic E-state index is 0.0317. The van der Waals surface area contributed by atoms with Crippen molar-refractivity contribution in [2.75, 3.05) is 27.3 Å². The molecule has 1 aliphatic rings. The van der Waals surface area contributed by atoms with Gasteiger partial charge >= 0.3 is 5.97 Å². The van der Waals surface area contributed by atoms with Crippen LogP contribution in [-0.2, 0) is 14.4 Å². The van der Waals surface area contributed by atoms with Crippen molar-refractivity contribution in [2.24, 2.45) is 0 Å². The third-order valence-corrected chi connectivity index (χ3v) is 4.78. The molecule has 8 heteroatoms. The fourth-order valence-electron chi connectivity index (χ4n) is 3.29. The zero-order chi connectivity index (χ0) is 20.5. The molecule has 1 heterocycles. The SMILES string of the molecule is COc1ccc(C(CC(=O)O)NC(=O)CN2CCCCCCC2=O)cc1OC. The quantitative estimate of drug-likeness (QED) is 0.702. The van der Waals surface area contributed by atoms with Gasteiger partial charge in [0.1, 0.15) is 0 Å². The van der Waals surface area contributed by atoms with Gasteiger partial charge in [0.2, 0.25) is 11.8 Å². The Hall–Kier alpha value is -2.77. The maximum absolute atomic E-state index is 12.5. The fourth-order valence-corrected chi connectivity index (χ4v) is 3.29. The summed E-state index contributed by atoms with van der Waals surface area (Å²) in [7, 11) is 2.99. The number of carbonyl (C=O) groups is 3. The highest BCUT2D eigenvalue weighted by Crippen LogP contribution is 2.31. The molecule has 28 heavy (non-hydrogen) atoms. The number of carbonyl (C=O) groups excluding carboxylic acids is 2. The van der Waals surface area contributed by atoms with Gasteiger partial charge in [-0.15, -0.1) is 0 Å². The number of nitrogens with zero attached hydrogens (tertiary/aromatic N) is 1. The molecule has 1 aromatic rings. The van der Waals surface area contributed by atoms with Crippen LogP contribution in [0, 0.1) is 0 Å². The number of amides is 2. The van der Waals surface area contributed by atoms with E-state index in [4.69, 9.17) is 9.47 Å². The van der Waals surface area contributed by atoms with Crippen LogP contribution >= 0.6 is 0 Å². The minimum Gasteiger partial charge on any atom is -0.493 e. The first kappa shape index (κ1) is 21.5. The number of carboxylic acids is 1. The number of likely N-dealkylation sites (tertiary alicyclic amines) is 1. The Morgan fingerprint density at radius 2 is 1.86 bits per heavy atom. The van der Waals surface area contributed by atoms with Gasteiger partial charge in [-0.2, -0.15) is 0 Å². The summed E-state index contributed by atoms with van der Waals surface area (Å²) in [5, 5.41) is 12.0. The van der Waals surface area contributed by atoms with Crippen molar-refractivity contribution in [3.8, 4) is 11.5 Å². The van der Waals surface area contributed by atoms with Gasteiger partial charge in [0.15, 0.2) is 11.5 Å². The lowest BCUT2D eigenvalue weighted by Crippen LogP contribution is -2.43. The van der Waals surface area contributed by atoms with Crippen molar-refractivity contribution in [1.82, 2.24) is 10.2 Å². The Balaban J connectivity index is 2.11. The number of hydrogen-bond acceptors (Lipinski definition) is 5. The van der Waals surface area contributed by atoms with Crippen LogP contribution in [-0.4, -0.2) is 55.1 Å². The smallest absolute Gasteiger partial charge is 0.305 e. The molecule has 8 nitrogen and oxygen atoms in total. The summed E-state index contributed by atoms with van der Waals surface area (Å²) in [5.74, 6) is -0.491. The Kier molecular flexibility index (Phi) is 8.10. The van der Waals surface area contributed by atoms with Crippen molar-refractivity contribution in [2.45, 2.75) is 44.6 Å². The lowest BCUT2D eigenvalue weighted by molar-refractivity contribution is -0.139. The first-order valence-corrected chi connectivity index (χ1v) is 9.45. The van der Waals surface area contributed by atoms with E-state index in [2.05, 4.69) is 5.32 Å². The number of hydrogen-bond donors (Lipinski definition) is 2. The molecule has 1 unspecified atom stereocenters. The number of rotatable bonds is 8. The Morgan fingerprint density at radius 3 is 2.54 bits per heavy atom. The maximum atomic E-state index is 12.5. The van der Waals surface area contributed by atoms with Gasteiger partial charge in [-0.1, -0.05) is 18.9 Å². The predicted octanol–water partition coefficient (Wildman–Crippen LogP) is 2.13. The van der Waals surface area contributed by atoms with Gasteiger partial charge in [0.05, 0.1) is 33.2 Å². The summed E-state index contributed by atoms with van der Waals surface area (Å²) in [5.41, 5.74) is 0.590. The van der Waals surface area contributed by atoms with Gasteiger partial charge in [0, 0.05) is 13.0 Å². The van der Waals surface area contributed by atoms with E-state index in [-0.39, 0.29) is 24.8 Å². The third kappa shape index (κ3) is 6.14. The molecule has 0 bridgehead atoms. The van der Waals surface area contributed by atoms with Crippen LogP contribution in [0.25, 0.3) is 0 Å². The Labute approximate surface area is 164 Å². The Morgan fingerprint density at radius 1 is 1.14 bits per heavy atom. The van der Waals surface area contributed by atoms with Gasteiger partial charge in [-0.3, -0.25) is 14.4 Å². The molecule has 0 saturated carbocycles. The molecule has 0 aromatic heterocycles. The van der Waals surface area contributed by atoms with Crippen LogP contribution in [0.1, 0.15) is 50.1 Å². The highest BCUT2D eigenvalue weighted by atomic mass is 16.5. The summed E-state index contributed by atoms with van der Waals surface area (Å²) in [6, 6.07) is 4.26. The summed E-state index contributed by atoms with van der Waals surface area (Å²) in [4.78, 5) is 37.6. The van der Waals surface area contributed by atoms with E-state index in [1.807, 2.05) is 0 Å². The van der Waals surface area contributed by atoms with Crippen LogP contribution in [0.2, 0.25) is 0 Å². The molecule has 0 spiro atoms. The molecule has 2 N–H and O–H groups in total. The van der Waals surface area contributed by atoms with Gasteiger partial charge in [-0.05, 0) is 30.5 Å². The van der Waals surface area contributed by atoms with Crippen LogP contribution in [0.3, 0.4) is 0 Å². The zero-order valence-corrected chi connectivity index (χ0v) is 16.4. The second-order valence-electron chi connectivity index (χ2n) is 6.81. The average Bonchev–Trinajstić information content (AvgIpc) is 2.66. The van der Waals surface area contributed by atoms with Crippen molar-refractivity contribution in [1.29, 1.82) is 0 Å².